The number of benzene rings is 1. The van der Waals surface area contributed by atoms with Crippen molar-refractivity contribution in [2.45, 2.75) is 39.2 Å². The molecule has 1 aromatic carbocycles. The summed E-state index contributed by atoms with van der Waals surface area (Å²) >= 11 is 0. The van der Waals surface area contributed by atoms with Gasteiger partial charge in [0.1, 0.15) is 5.92 Å². The van der Waals surface area contributed by atoms with Crippen LogP contribution in [0.3, 0.4) is 0 Å². The molecule has 0 saturated carbocycles. The average molecular weight is 315 g/mol. The second-order valence-corrected chi connectivity index (χ2v) is 6.72. The zero-order valence-corrected chi connectivity index (χ0v) is 13.9. The van der Waals surface area contributed by atoms with E-state index in [0.717, 1.165) is 36.2 Å². The number of anilines is 1. The first-order valence-corrected chi connectivity index (χ1v) is 8.45. The molecule has 2 fully saturated rings. The lowest BCUT2D eigenvalue weighted by Crippen LogP contribution is -2.42. The van der Waals surface area contributed by atoms with Gasteiger partial charge in [-0.2, -0.15) is 0 Å². The molecule has 124 valence electrons. The maximum absolute atomic E-state index is 12.6. The van der Waals surface area contributed by atoms with Crippen LogP contribution in [0.25, 0.3) is 0 Å². The summed E-state index contributed by atoms with van der Waals surface area (Å²) in [6, 6.07) is 6.45. The summed E-state index contributed by atoms with van der Waals surface area (Å²) < 4.78 is 0. The third kappa shape index (κ3) is 3.55. The molecule has 0 aliphatic carbocycles. The van der Waals surface area contributed by atoms with Crippen LogP contribution in [0.4, 0.5) is 5.69 Å². The van der Waals surface area contributed by atoms with Gasteiger partial charge in [-0.05, 0) is 62.9 Å². The minimum absolute atomic E-state index is 0.0770. The maximum atomic E-state index is 12.6. The predicted molar refractivity (Wildman–Crippen MR) is 90.4 cm³/mol. The highest BCUT2D eigenvalue weighted by Gasteiger charge is 2.37. The lowest BCUT2D eigenvalue weighted by Gasteiger charge is -2.18. The van der Waals surface area contributed by atoms with Crippen molar-refractivity contribution in [2.75, 3.05) is 24.5 Å². The average Bonchev–Trinajstić information content (AvgIpc) is 3.13. The fraction of sp³-hybridized carbons (Fsp3) is 0.556. The topological polar surface area (TPSA) is 61.4 Å². The second-order valence-electron chi connectivity index (χ2n) is 6.72. The molecule has 2 N–H and O–H groups in total. The van der Waals surface area contributed by atoms with Crippen molar-refractivity contribution < 1.29 is 9.59 Å². The van der Waals surface area contributed by atoms with Gasteiger partial charge < -0.3 is 15.5 Å². The fourth-order valence-electron chi connectivity index (χ4n) is 3.56. The molecule has 5 heteroatoms. The second kappa shape index (κ2) is 6.71. The van der Waals surface area contributed by atoms with Crippen LogP contribution in [0.2, 0.25) is 0 Å². The first kappa shape index (κ1) is 16.0. The summed E-state index contributed by atoms with van der Waals surface area (Å²) in [7, 11) is 0. The summed E-state index contributed by atoms with van der Waals surface area (Å²) in [5.41, 5.74) is 3.17. The lowest BCUT2D eigenvalue weighted by atomic mass is 10.1. The number of carbonyl (C=O) groups excluding carboxylic acids is 2. The van der Waals surface area contributed by atoms with E-state index in [-0.39, 0.29) is 11.8 Å². The molecule has 2 aliphatic rings. The summed E-state index contributed by atoms with van der Waals surface area (Å²) in [5, 5.41) is 6.29. The molecule has 1 aromatic rings. The Morgan fingerprint density at radius 3 is 2.65 bits per heavy atom. The van der Waals surface area contributed by atoms with Crippen LogP contribution in [0, 0.1) is 19.8 Å². The van der Waals surface area contributed by atoms with Crippen molar-refractivity contribution >= 4 is 17.5 Å². The SMILES string of the molecule is Cc1cc(C)cc(N2CCC(C(=O)NCC3CCCN3)C2=O)c1. The fourth-order valence-corrected chi connectivity index (χ4v) is 3.56. The van der Waals surface area contributed by atoms with Crippen LogP contribution in [0.15, 0.2) is 18.2 Å². The zero-order chi connectivity index (χ0) is 16.4. The van der Waals surface area contributed by atoms with Gasteiger partial charge in [-0.3, -0.25) is 9.59 Å². The van der Waals surface area contributed by atoms with Crippen molar-refractivity contribution in [1.82, 2.24) is 10.6 Å². The van der Waals surface area contributed by atoms with Crippen molar-refractivity contribution in [3.63, 3.8) is 0 Å². The first-order chi connectivity index (χ1) is 11.0. The Labute approximate surface area is 137 Å². The van der Waals surface area contributed by atoms with Gasteiger partial charge in [-0.25, -0.2) is 0 Å². The van der Waals surface area contributed by atoms with E-state index in [2.05, 4.69) is 16.7 Å². The molecule has 23 heavy (non-hydrogen) atoms. The largest absolute Gasteiger partial charge is 0.354 e. The molecule has 0 bridgehead atoms. The van der Waals surface area contributed by atoms with Gasteiger partial charge in [-0.1, -0.05) is 6.07 Å². The Hall–Kier alpha value is -1.88. The maximum Gasteiger partial charge on any atom is 0.239 e. The quantitative estimate of drug-likeness (QED) is 0.828. The predicted octanol–water partition coefficient (Wildman–Crippen LogP) is 1.52. The molecule has 0 aromatic heterocycles. The Morgan fingerprint density at radius 1 is 1.26 bits per heavy atom. The van der Waals surface area contributed by atoms with E-state index in [1.807, 2.05) is 26.0 Å². The van der Waals surface area contributed by atoms with Gasteiger partial charge in [0, 0.05) is 24.8 Å². The number of nitrogens with one attached hydrogen (secondary N) is 2. The smallest absolute Gasteiger partial charge is 0.239 e. The third-order valence-electron chi connectivity index (χ3n) is 4.73. The normalized spacial score (nSPS) is 24.3. The summed E-state index contributed by atoms with van der Waals surface area (Å²) in [4.78, 5) is 26.7. The number of hydrogen-bond acceptors (Lipinski definition) is 3. The number of rotatable bonds is 4. The highest BCUT2D eigenvalue weighted by molar-refractivity contribution is 6.09. The Balaban J connectivity index is 1.62. The number of amides is 2. The molecule has 2 heterocycles. The van der Waals surface area contributed by atoms with Gasteiger partial charge in [0.2, 0.25) is 11.8 Å². The van der Waals surface area contributed by atoms with Crippen LogP contribution >= 0.6 is 0 Å². The van der Waals surface area contributed by atoms with Crippen molar-refractivity contribution in [3.8, 4) is 0 Å². The molecule has 5 nitrogen and oxygen atoms in total. The van der Waals surface area contributed by atoms with Gasteiger partial charge in [0.05, 0.1) is 0 Å². The van der Waals surface area contributed by atoms with Gasteiger partial charge in [-0.15, -0.1) is 0 Å². The highest BCUT2D eigenvalue weighted by atomic mass is 16.2. The van der Waals surface area contributed by atoms with Crippen LogP contribution in [-0.4, -0.2) is 37.5 Å². The molecule has 2 atom stereocenters. The monoisotopic (exact) mass is 315 g/mol. The molecule has 2 unspecified atom stereocenters. The summed E-state index contributed by atoms with van der Waals surface area (Å²) in [6.45, 7) is 6.29. The van der Waals surface area contributed by atoms with Crippen LogP contribution < -0.4 is 15.5 Å². The minimum atomic E-state index is -0.544. The number of aryl methyl sites for hydroxylation is 2. The first-order valence-electron chi connectivity index (χ1n) is 8.45. The highest BCUT2D eigenvalue weighted by Crippen LogP contribution is 2.27. The Bertz CT molecular complexity index is 588. The Kier molecular flexibility index (Phi) is 4.66. The van der Waals surface area contributed by atoms with E-state index >= 15 is 0 Å². The van der Waals surface area contributed by atoms with Crippen molar-refractivity contribution in [3.05, 3.63) is 29.3 Å². The lowest BCUT2D eigenvalue weighted by molar-refractivity contribution is -0.132. The molecule has 3 rings (SSSR count). The van der Waals surface area contributed by atoms with Gasteiger partial charge >= 0.3 is 0 Å². The molecule has 2 amide bonds. The standard InChI is InChI=1S/C18H25N3O2/c1-12-8-13(2)10-15(9-12)21-7-5-16(18(21)23)17(22)20-11-14-4-3-6-19-14/h8-10,14,16,19H,3-7,11H2,1-2H3,(H,20,22). The third-order valence-corrected chi connectivity index (χ3v) is 4.73. The van der Waals surface area contributed by atoms with Crippen molar-refractivity contribution in [1.29, 1.82) is 0 Å². The molecule has 2 aliphatic heterocycles. The van der Waals surface area contributed by atoms with Gasteiger partial charge in [0.15, 0.2) is 0 Å². The van der Waals surface area contributed by atoms with E-state index in [4.69, 9.17) is 0 Å². The summed E-state index contributed by atoms with van der Waals surface area (Å²) in [5.74, 6) is -0.750. The van der Waals surface area contributed by atoms with E-state index in [9.17, 15) is 9.59 Å². The molecule has 0 radical (unpaired) electrons. The summed E-state index contributed by atoms with van der Waals surface area (Å²) in [6.07, 6.45) is 2.84. The van der Waals surface area contributed by atoms with Crippen LogP contribution in [-0.2, 0) is 9.59 Å². The van der Waals surface area contributed by atoms with Crippen LogP contribution in [0.5, 0.6) is 0 Å². The number of nitrogens with zero attached hydrogens (tertiary/aromatic N) is 1. The molecular weight excluding hydrogens is 290 g/mol. The molecular formula is C18H25N3O2. The minimum Gasteiger partial charge on any atom is -0.354 e. The zero-order valence-electron chi connectivity index (χ0n) is 13.9. The van der Waals surface area contributed by atoms with Crippen molar-refractivity contribution in [2.24, 2.45) is 5.92 Å². The molecule has 0 spiro atoms. The molecule has 2 saturated heterocycles. The number of hydrogen-bond donors (Lipinski definition) is 2. The van der Waals surface area contributed by atoms with Crippen LogP contribution in [0.1, 0.15) is 30.4 Å². The van der Waals surface area contributed by atoms with E-state index < -0.39 is 5.92 Å². The Morgan fingerprint density at radius 2 is 2.00 bits per heavy atom. The van der Waals surface area contributed by atoms with E-state index in [1.54, 1.807) is 4.90 Å². The van der Waals surface area contributed by atoms with E-state index in [1.165, 1.54) is 0 Å². The van der Waals surface area contributed by atoms with E-state index in [0.29, 0.717) is 25.6 Å². The number of carbonyl (C=O) groups is 2. The van der Waals surface area contributed by atoms with Gasteiger partial charge in [0.25, 0.3) is 0 Å².